The molecular formula is C12H8BrNO2S. The quantitative estimate of drug-likeness (QED) is 0.619. The van der Waals surface area contributed by atoms with Crippen molar-refractivity contribution in [3.63, 3.8) is 0 Å². The molecule has 0 aromatic heterocycles. The van der Waals surface area contributed by atoms with Crippen LogP contribution in [0.25, 0.3) is 0 Å². The molecule has 5 heteroatoms. The van der Waals surface area contributed by atoms with Gasteiger partial charge in [0.15, 0.2) is 0 Å². The molecule has 0 unspecified atom stereocenters. The van der Waals surface area contributed by atoms with E-state index in [0.717, 1.165) is 9.79 Å². The number of benzene rings is 2. The van der Waals surface area contributed by atoms with Crippen molar-refractivity contribution in [1.82, 2.24) is 0 Å². The Bertz CT molecular complexity index is 545. The highest BCUT2D eigenvalue weighted by Crippen LogP contribution is 2.33. The first-order valence-corrected chi connectivity index (χ1v) is 6.44. The fourth-order valence-corrected chi connectivity index (χ4v) is 2.88. The maximum Gasteiger partial charge on any atom is 0.283 e. The van der Waals surface area contributed by atoms with Crippen molar-refractivity contribution < 1.29 is 4.92 Å². The lowest BCUT2D eigenvalue weighted by molar-refractivity contribution is -0.385. The standard InChI is InChI=1S/C12H8BrNO2S/c13-11-8-10(6-7-12(11)14(15)16)17-9-4-2-1-3-5-9/h1-8H. The number of rotatable bonds is 3. The van der Waals surface area contributed by atoms with E-state index in [1.165, 1.54) is 6.07 Å². The number of halogens is 1. The van der Waals surface area contributed by atoms with Crippen LogP contribution in [0.4, 0.5) is 5.69 Å². The van der Waals surface area contributed by atoms with Crippen LogP contribution in [-0.2, 0) is 0 Å². The maximum atomic E-state index is 10.7. The summed E-state index contributed by atoms with van der Waals surface area (Å²) in [6.45, 7) is 0. The van der Waals surface area contributed by atoms with Gasteiger partial charge in [-0.25, -0.2) is 0 Å². The molecule has 17 heavy (non-hydrogen) atoms. The molecule has 0 aliphatic heterocycles. The predicted molar refractivity (Wildman–Crippen MR) is 71.4 cm³/mol. The largest absolute Gasteiger partial charge is 0.283 e. The first-order chi connectivity index (χ1) is 8.16. The molecule has 0 radical (unpaired) electrons. The second-order valence-corrected chi connectivity index (χ2v) is 5.29. The first-order valence-electron chi connectivity index (χ1n) is 4.83. The van der Waals surface area contributed by atoms with Gasteiger partial charge in [0.2, 0.25) is 0 Å². The Hall–Kier alpha value is -1.33. The molecule has 0 N–H and O–H groups in total. The molecule has 2 rings (SSSR count). The monoisotopic (exact) mass is 309 g/mol. The van der Waals surface area contributed by atoms with Gasteiger partial charge in [-0.3, -0.25) is 10.1 Å². The molecule has 0 aliphatic rings. The molecule has 0 atom stereocenters. The van der Waals surface area contributed by atoms with Gasteiger partial charge in [0.25, 0.3) is 5.69 Å². The fraction of sp³-hybridized carbons (Fsp3) is 0. The van der Waals surface area contributed by atoms with Gasteiger partial charge >= 0.3 is 0 Å². The normalized spacial score (nSPS) is 10.2. The first kappa shape index (κ1) is 12.1. The van der Waals surface area contributed by atoms with E-state index >= 15 is 0 Å². The summed E-state index contributed by atoms with van der Waals surface area (Å²) in [7, 11) is 0. The summed E-state index contributed by atoms with van der Waals surface area (Å²) in [6, 6.07) is 14.9. The van der Waals surface area contributed by atoms with Crippen LogP contribution >= 0.6 is 27.7 Å². The molecule has 2 aromatic rings. The van der Waals surface area contributed by atoms with Crippen LogP contribution in [-0.4, -0.2) is 4.92 Å². The zero-order chi connectivity index (χ0) is 12.3. The van der Waals surface area contributed by atoms with Crippen molar-refractivity contribution in [2.24, 2.45) is 0 Å². The molecule has 0 heterocycles. The van der Waals surface area contributed by atoms with Crippen LogP contribution in [0.5, 0.6) is 0 Å². The van der Waals surface area contributed by atoms with Gasteiger partial charge in [-0.05, 0) is 40.2 Å². The lowest BCUT2D eigenvalue weighted by atomic mass is 10.3. The molecule has 0 amide bonds. The van der Waals surface area contributed by atoms with Gasteiger partial charge in [0.1, 0.15) is 0 Å². The summed E-state index contributed by atoms with van der Waals surface area (Å²) in [5.74, 6) is 0. The summed E-state index contributed by atoms with van der Waals surface area (Å²) in [5.41, 5.74) is 0.0856. The highest BCUT2D eigenvalue weighted by molar-refractivity contribution is 9.10. The molecule has 0 aliphatic carbocycles. The van der Waals surface area contributed by atoms with Crippen molar-refractivity contribution >= 4 is 33.4 Å². The van der Waals surface area contributed by atoms with E-state index in [1.54, 1.807) is 23.9 Å². The minimum Gasteiger partial charge on any atom is -0.258 e. The van der Waals surface area contributed by atoms with Crippen LogP contribution in [0.15, 0.2) is 62.8 Å². The van der Waals surface area contributed by atoms with Crippen LogP contribution in [0.1, 0.15) is 0 Å². The van der Waals surface area contributed by atoms with Gasteiger partial charge in [-0.1, -0.05) is 30.0 Å². The number of nitro benzene ring substituents is 1. The van der Waals surface area contributed by atoms with E-state index in [1.807, 2.05) is 30.3 Å². The van der Waals surface area contributed by atoms with Crippen molar-refractivity contribution in [3.8, 4) is 0 Å². The molecule has 0 bridgehead atoms. The summed E-state index contributed by atoms with van der Waals surface area (Å²) >= 11 is 4.78. The molecule has 0 saturated heterocycles. The summed E-state index contributed by atoms with van der Waals surface area (Å²) < 4.78 is 0.503. The summed E-state index contributed by atoms with van der Waals surface area (Å²) in [6.07, 6.45) is 0. The minimum absolute atomic E-state index is 0.0856. The summed E-state index contributed by atoms with van der Waals surface area (Å²) in [5, 5.41) is 10.7. The third kappa shape index (κ3) is 3.08. The Morgan fingerprint density at radius 3 is 2.35 bits per heavy atom. The molecule has 3 nitrogen and oxygen atoms in total. The topological polar surface area (TPSA) is 43.1 Å². The summed E-state index contributed by atoms with van der Waals surface area (Å²) in [4.78, 5) is 12.3. The number of nitro groups is 1. The third-order valence-electron chi connectivity index (χ3n) is 2.09. The average molecular weight is 310 g/mol. The van der Waals surface area contributed by atoms with Crippen molar-refractivity contribution in [3.05, 3.63) is 63.1 Å². The highest BCUT2D eigenvalue weighted by Gasteiger charge is 2.11. The number of hydrogen-bond donors (Lipinski definition) is 0. The van der Waals surface area contributed by atoms with Gasteiger partial charge in [-0.2, -0.15) is 0 Å². The molecule has 0 saturated carbocycles. The Balaban J connectivity index is 2.24. The smallest absolute Gasteiger partial charge is 0.258 e. The number of nitrogens with zero attached hydrogens (tertiary/aromatic N) is 1. The SMILES string of the molecule is O=[N+]([O-])c1ccc(Sc2ccccc2)cc1Br. The Labute approximate surface area is 111 Å². The number of hydrogen-bond acceptors (Lipinski definition) is 3. The van der Waals surface area contributed by atoms with Gasteiger partial charge in [-0.15, -0.1) is 0 Å². The third-order valence-corrected chi connectivity index (χ3v) is 3.73. The van der Waals surface area contributed by atoms with Crippen LogP contribution < -0.4 is 0 Å². The Morgan fingerprint density at radius 2 is 1.76 bits per heavy atom. The van der Waals surface area contributed by atoms with E-state index in [9.17, 15) is 10.1 Å². The van der Waals surface area contributed by atoms with E-state index < -0.39 is 4.92 Å². The Morgan fingerprint density at radius 1 is 1.06 bits per heavy atom. The molecule has 2 aromatic carbocycles. The second kappa shape index (κ2) is 5.33. The van der Waals surface area contributed by atoms with E-state index in [0.29, 0.717) is 4.47 Å². The Kier molecular flexibility index (Phi) is 3.81. The minimum atomic E-state index is -0.402. The van der Waals surface area contributed by atoms with E-state index in [4.69, 9.17) is 0 Å². The lowest BCUT2D eigenvalue weighted by Gasteiger charge is -2.02. The lowest BCUT2D eigenvalue weighted by Crippen LogP contribution is -1.88. The van der Waals surface area contributed by atoms with Crippen molar-refractivity contribution in [2.75, 3.05) is 0 Å². The average Bonchev–Trinajstić information content (AvgIpc) is 2.30. The van der Waals surface area contributed by atoms with Crippen molar-refractivity contribution in [2.45, 2.75) is 9.79 Å². The zero-order valence-corrected chi connectivity index (χ0v) is 11.1. The van der Waals surface area contributed by atoms with Gasteiger partial charge < -0.3 is 0 Å². The van der Waals surface area contributed by atoms with Crippen molar-refractivity contribution in [1.29, 1.82) is 0 Å². The van der Waals surface area contributed by atoms with E-state index in [2.05, 4.69) is 15.9 Å². The fourth-order valence-electron chi connectivity index (χ4n) is 1.32. The highest BCUT2D eigenvalue weighted by atomic mass is 79.9. The van der Waals surface area contributed by atoms with Crippen LogP contribution in [0.2, 0.25) is 0 Å². The van der Waals surface area contributed by atoms with Crippen LogP contribution in [0, 0.1) is 10.1 Å². The molecular weight excluding hydrogens is 302 g/mol. The van der Waals surface area contributed by atoms with Crippen LogP contribution in [0.3, 0.4) is 0 Å². The predicted octanol–water partition coefficient (Wildman–Crippen LogP) is 4.51. The van der Waals surface area contributed by atoms with Gasteiger partial charge in [0, 0.05) is 15.9 Å². The molecule has 86 valence electrons. The second-order valence-electron chi connectivity index (χ2n) is 3.29. The zero-order valence-electron chi connectivity index (χ0n) is 8.67. The molecule has 0 fully saturated rings. The maximum absolute atomic E-state index is 10.7. The molecule has 0 spiro atoms. The van der Waals surface area contributed by atoms with E-state index in [-0.39, 0.29) is 5.69 Å². The van der Waals surface area contributed by atoms with Gasteiger partial charge in [0.05, 0.1) is 9.40 Å².